The number of aromatic nitrogens is 3. The van der Waals surface area contributed by atoms with Crippen LogP contribution in [0.25, 0.3) is 11.4 Å². The standard InChI is InChI=1S/C8H7BrN4/c9-7-2-1-5(10)3-6(7)8-11-4-12-13-8/h1-4H,10H2,(H,11,12,13). The molecule has 0 atom stereocenters. The number of anilines is 1. The molecule has 0 spiro atoms. The van der Waals surface area contributed by atoms with E-state index in [2.05, 4.69) is 31.1 Å². The molecule has 0 saturated heterocycles. The molecule has 0 amide bonds. The first kappa shape index (κ1) is 8.25. The molecule has 0 unspecified atom stereocenters. The lowest BCUT2D eigenvalue weighted by Gasteiger charge is -2.01. The number of H-pyrrole nitrogens is 1. The van der Waals surface area contributed by atoms with Crippen LogP contribution in [0.15, 0.2) is 29.0 Å². The van der Waals surface area contributed by atoms with Crippen molar-refractivity contribution in [1.82, 2.24) is 15.2 Å². The molecular weight excluding hydrogens is 232 g/mol. The molecule has 0 aliphatic carbocycles. The third kappa shape index (κ3) is 1.55. The summed E-state index contributed by atoms with van der Waals surface area (Å²) in [6, 6.07) is 5.54. The Kier molecular flexibility index (Phi) is 2.02. The van der Waals surface area contributed by atoms with Crippen molar-refractivity contribution in [2.75, 3.05) is 5.73 Å². The minimum Gasteiger partial charge on any atom is -0.399 e. The van der Waals surface area contributed by atoms with Gasteiger partial charge in [0.15, 0.2) is 5.82 Å². The predicted molar refractivity (Wildman–Crippen MR) is 53.9 cm³/mol. The third-order valence-electron chi connectivity index (χ3n) is 1.66. The van der Waals surface area contributed by atoms with Crippen molar-refractivity contribution in [2.24, 2.45) is 0 Å². The van der Waals surface area contributed by atoms with Crippen molar-refractivity contribution in [3.8, 4) is 11.4 Å². The molecule has 0 aliphatic rings. The Bertz CT molecular complexity index is 410. The molecule has 66 valence electrons. The van der Waals surface area contributed by atoms with Crippen molar-refractivity contribution in [3.05, 3.63) is 29.0 Å². The summed E-state index contributed by atoms with van der Waals surface area (Å²) in [6.45, 7) is 0. The Balaban J connectivity index is 2.57. The minimum absolute atomic E-state index is 0.703. The topological polar surface area (TPSA) is 67.6 Å². The van der Waals surface area contributed by atoms with Crippen LogP contribution in [0.2, 0.25) is 0 Å². The molecule has 0 fully saturated rings. The molecule has 0 bridgehead atoms. The molecule has 0 aliphatic heterocycles. The van der Waals surface area contributed by atoms with Crippen LogP contribution < -0.4 is 5.73 Å². The molecule has 13 heavy (non-hydrogen) atoms. The number of rotatable bonds is 1. The fraction of sp³-hybridized carbons (Fsp3) is 0. The number of hydrogen-bond acceptors (Lipinski definition) is 3. The number of halogens is 1. The zero-order valence-corrected chi connectivity index (χ0v) is 8.25. The Morgan fingerprint density at radius 2 is 2.23 bits per heavy atom. The molecule has 2 aromatic rings. The maximum Gasteiger partial charge on any atom is 0.156 e. The second-order valence-electron chi connectivity index (χ2n) is 2.57. The molecule has 1 aromatic heterocycles. The first-order chi connectivity index (χ1) is 6.27. The van der Waals surface area contributed by atoms with Gasteiger partial charge in [-0.1, -0.05) is 15.9 Å². The summed E-state index contributed by atoms with van der Waals surface area (Å²) in [4.78, 5) is 4.04. The van der Waals surface area contributed by atoms with Crippen LogP contribution in [0.4, 0.5) is 5.69 Å². The lowest BCUT2D eigenvalue weighted by atomic mass is 10.2. The number of benzene rings is 1. The van der Waals surface area contributed by atoms with Crippen LogP contribution in [0.1, 0.15) is 0 Å². The van der Waals surface area contributed by atoms with Crippen molar-refractivity contribution in [1.29, 1.82) is 0 Å². The summed E-state index contributed by atoms with van der Waals surface area (Å²) >= 11 is 3.41. The van der Waals surface area contributed by atoms with Gasteiger partial charge in [0.25, 0.3) is 0 Å². The zero-order valence-electron chi connectivity index (χ0n) is 6.66. The lowest BCUT2D eigenvalue weighted by molar-refractivity contribution is 1.09. The number of nitrogens with one attached hydrogen (secondary N) is 1. The average Bonchev–Trinajstić information content (AvgIpc) is 2.61. The summed E-state index contributed by atoms with van der Waals surface area (Å²) in [6.07, 6.45) is 1.46. The number of nitrogens with zero attached hydrogens (tertiary/aromatic N) is 2. The highest BCUT2D eigenvalue weighted by Crippen LogP contribution is 2.26. The van der Waals surface area contributed by atoms with Gasteiger partial charge in [0.1, 0.15) is 6.33 Å². The van der Waals surface area contributed by atoms with Crippen molar-refractivity contribution in [3.63, 3.8) is 0 Å². The van der Waals surface area contributed by atoms with Gasteiger partial charge in [-0.3, -0.25) is 5.10 Å². The predicted octanol–water partition coefficient (Wildman–Crippen LogP) is 1.82. The van der Waals surface area contributed by atoms with Crippen molar-refractivity contribution in [2.45, 2.75) is 0 Å². The quantitative estimate of drug-likeness (QED) is 0.745. The fourth-order valence-electron chi connectivity index (χ4n) is 1.06. The van der Waals surface area contributed by atoms with E-state index in [-0.39, 0.29) is 0 Å². The monoisotopic (exact) mass is 238 g/mol. The third-order valence-corrected chi connectivity index (χ3v) is 2.35. The fourth-order valence-corrected chi connectivity index (χ4v) is 1.49. The van der Waals surface area contributed by atoms with Gasteiger partial charge in [-0.15, -0.1) is 0 Å². The summed E-state index contributed by atoms with van der Waals surface area (Å²) < 4.78 is 0.943. The molecule has 0 saturated carbocycles. The first-order valence-corrected chi connectivity index (χ1v) is 4.47. The molecule has 4 nitrogen and oxygen atoms in total. The van der Waals surface area contributed by atoms with E-state index < -0.39 is 0 Å². The Morgan fingerprint density at radius 1 is 1.38 bits per heavy atom. The molecular formula is C8H7BrN4. The van der Waals surface area contributed by atoms with Gasteiger partial charge >= 0.3 is 0 Å². The van der Waals surface area contributed by atoms with Gasteiger partial charge in [-0.25, -0.2) is 4.98 Å². The number of hydrogen-bond donors (Lipinski definition) is 2. The molecule has 2 rings (SSSR count). The zero-order chi connectivity index (χ0) is 9.26. The molecule has 1 heterocycles. The second-order valence-corrected chi connectivity index (χ2v) is 3.43. The highest BCUT2D eigenvalue weighted by Gasteiger charge is 2.05. The highest BCUT2D eigenvalue weighted by molar-refractivity contribution is 9.10. The van der Waals surface area contributed by atoms with Crippen molar-refractivity contribution >= 4 is 21.6 Å². The highest BCUT2D eigenvalue weighted by atomic mass is 79.9. The Labute approximate surface area is 83.3 Å². The molecule has 1 aromatic carbocycles. The maximum absolute atomic E-state index is 5.65. The normalized spacial score (nSPS) is 10.2. The van der Waals surface area contributed by atoms with Crippen LogP contribution in [0, 0.1) is 0 Å². The summed E-state index contributed by atoms with van der Waals surface area (Å²) in [7, 11) is 0. The minimum atomic E-state index is 0.703. The molecule has 3 N–H and O–H groups in total. The van der Waals surface area contributed by atoms with Gasteiger partial charge in [0, 0.05) is 15.7 Å². The van der Waals surface area contributed by atoms with Crippen LogP contribution in [-0.4, -0.2) is 15.2 Å². The van der Waals surface area contributed by atoms with E-state index in [9.17, 15) is 0 Å². The van der Waals surface area contributed by atoms with E-state index in [1.165, 1.54) is 6.33 Å². The molecule has 5 heteroatoms. The summed E-state index contributed by atoms with van der Waals surface area (Å²) in [5.41, 5.74) is 7.27. The van der Waals surface area contributed by atoms with Gasteiger partial charge in [-0.05, 0) is 18.2 Å². The Hall–Kier alpha value is -1.36. The molecule has 0 radical (unpaired) electrons. The Morgan fingerprint density at radius 3 is 2.92 bits per heavy atom. The average molecular weight is 239 g/mol. The van der Waals surface area contributed by atoms with E-state index in [1.54, 1.807) is 0 Å². The van der Waals surface area contributed by atoms with Crippen LogP contribution in [0.5, 0.6) is 0 Å². The van der Waals surface area contributed by atoms with E-state index in [1.807, 2.05) is 18.2 Å². The van der Waals surface area contributed by atoms with Gasteiger partial charge in [-0.2, -0.15) is 5.10 Å². The van der Waals surface area contributed by atoms with Crippen LogP contribution in [0.3, 0.4) is 0 Å². The van der Waals surface area contributed by atoms with Crippen molar-refractivity contribution < 1.29 is 0 Å². The van der Waals surface area contributed by atoms with E-state index in [0.717, 1.165) is 10.0 Å². The summed E-state index contributed by atoms with van der Waals surface area (Å²) in [5, 5.41) is 6.55. The smallest absolute Gasteiger partial charge is 0.156 e. The summed E-state index contributed by atoms with van der Waals surface area (Å²) in [5.74, 6) is 0.708. The number of nitrogen functional groups attached to an aromatic ring is 1. The van der Waals surface area contributed by atoms with Gasteiger partial charge in [0.05, 0.1) is 0 Å². The first-order valence-electron chi connectivity index (χ1n) is 3.68. The van der Waals surface area contributed by atoms with E-state index >= 15 is 0 Å². The number of aromatic amines is 1. The SMILES string of the molecule is Nc1ccc(Br)c(-c2ncn[nH]2)c1. The van der Waals surface area contributed by atoms with Crippen LogP contribution in [-0.2, 0) is 0 Å². The van der Waals surface area contributed by atoms with Crippen LogP contribution >= 0.6 is 15.9 Å². The number of nitrogens with two attached hydrogens (primary N) is 1. The maximum atomic E-state index is 5.65. The van der Waals surface area contributed by atoms with E-state index in [4.69, 9.17) is 5.73 Å². The largest absolute Gasteiger partial charge is 0.399 e. The second kappa shape index (κ2) is 3.18. The lowest BCUT2D eigenvalue weighted by Crippen LogP contribution is -1.88. The van der Waals surface area contributed by atoms with Gasteiger partial charge in [0.2, 0.25) is 0 Å². The van der Waals surface area contributed by atoms with E-state index in [0.29, 0.717) is 11.5 Å². The van der Waals surface area contributed by atoms with Gasteiger partial charge < -0.3 is 5.73 Å².